The lowest BCUT2D eigenvalue weighted by Crippen LogP contribution is -2.25. The van der Waals surface area contributed by atoms with E-state index >= 15 is 0 Å². The van der Waals surface area contributed by atoms with Crippen molar-refractivity contribution >= 4 is 0 Å². The lowest BCUT2D eigenvalue weighted by atomic mass is 9.90. The van der Waals surface area contributed by atoms with Gasteiger partial charge in [0.25, 0.3) is 0 Å². The number of nitrogens with one attached hydrogen (secondary N) is 1. The minimum Gasteiger partial charge on any atom is -0.310 e. The van der Waals surface area contributed by atoms with Crippen LogP contribution in [-0.4, -0.2) is 6.54 Å². The molecule has 0 radical (unpaired) electrons. The quantitative estimate of drug-likeness (QED) is 0.843. The van der Waals surface area contributed by atoms with Crippen molar-refractivity contribution in [2.45, 2.75) is 40.2 Å². The smallest absolute Gasteiger partial charge is 0.126 e. The van der Waals surface area contributed by atoms with E-state index in [0.29, 0.717) is 6.42 Å². The summed E-state index contributed by atoms with van der Waals surface area (Å²) in [6, 6.07) is 11.6. The van der Waals surface area contributed by atoms with E-state index < -0.39 is 0 Å². The van der Waals surface area contributed by atoms with Crippen LogP contribution >= 0.6 is 0 Å². The highest BCUT2D eigenvalue weighted by Crippen LogP contribution is 2.27. The maximum absolute atomic E-state index is 13.9. The zero-order valence-electron chi connectivity index (χ0n) is 13.3. The molecule has 0 amide bonds. The summed E-state index contributed by atoms with van der Waals surface area (Å²) >= 11 is 0. The van der Waals surface area contributed by atoms with Crippen LogP contribution in [0.3, 0.4) is 0 Å². The fourth-order valence-corrected chi connectivity index (χ4v) is 3.15. The molecule has 0 saturated carbocycles. The van der Waals surface area contributed by atoms with Crippen molar-refractivity contribution in [3.05, 3.63) is 70.0 Å². The summed E-state index contributed by atoms with van der Waals surface area (Å²) in [5.74, 6) is -0.122. The molecular weight excluding hydrogens is 261 g/mol. The maximum Gasteiger partial charge on any atom is 0.126 e. The second-order valence-corrected chi connectivity index (χ2v) is 5.72. The van der Waals surface area contributed by atoms with Crippen molar-refractivity contribution in [1.82, 2.24) is 5.32 Å². The van der Waals surface area contributed by atoms with Crippen LogP contribution in [0.2, 0.25) is 0 Å². The van der Waals surface area contributed by atoms with Gasteiger partial charge in [0, 0.05) is 6.04 Å². The summed E-state index contributed by atoms with van der Waals surface area (Å²) in [6.45, 7) is 9.35. The SMILES string of the molecule is CCNC(Cc1ccccc1F)c1c(C)cc(C)cc1C. The van der Waals surface area contributed by atoms with Gasteiger partial charge in [-0.3, -0.25) is 0 Å². The third kappa shape index (κ3) is 3.70. The number of hydrogen-bond acceptors (Lipinski definition) is 1. The van der Waals surface area contributed by atoms with Crippen molar-refractivity contribution < 1.29 is 4.39 Å². The van der Waals surface area contributed by atoms with Crippen molar-refractivity contribution in [1.29, 1.82) is 0 Å². The van der Waals surface area contributed by atoms with E-state index in [1.165, 1.54) is 28.3 Å². The number of benzene rings is 2. The lowest BCUT2D eigenvalue weighted by Gasteiger charge is -2.23. The van der Waals surface area contributed by atoms with E-state index in [2.05, 4.69) is 45.1 Å². The first-order chi connectivity index (χ1) is 10.0. The van der Waals surface area contributed by atoms with Gasteiger partial charge >= 0.3 is 0 Å². The molecule has 0 spiro atoms. The van der Waals surface area contributed by atoms with E-state index in [4.69, 9.17) is 0 Å². The molecule has 0 aliphatic rings. The molecular formula is C19H24FN. The molecule has 0 fully saturated rings. The minimum absolute atomic E-state index is 0.122. The molecule has 2 rings (SSSR count). The Morgan fingerprint density at radius 1 is 1.05 bits per heavy atom. The molecule has 112 valence electrons. The minimum atomic E-state index is -0.122. The van der Waals surface area contributed by atoms with E-state index in [1.807, 2.05) is 12.1 Å². The third-order valence-electron chi connectivity index (χ3n) is 3.92. The van der Waals surface area contributed by atoms with Crippen molar-refractivity contribution in [2.24, 2.45) is 0 Å². The second-order valence-electron chi connectivity index (χ2n) is 5.72. The topological polar surface area (TPSA) is 12.0 Å². The Bertz CT molecular complexity index is 596. The van der Waals surface area contributed by atoms with Gasteiger partial charge in [0.2, 0.25) is 0 Å². The molecule has 0 bridgehead atoms. The highest BCUT2D eigenvalue weighted by molar-refractivity contribution is 5.40. The molecule has 0 aliphatic carbocycles. The first-order valence-electron chi connectivity index (χ1n) is 7.57. The molecule has 1 unspecified atom stereocenters. The number of rotatable bonds is 5. The van der Waals surface area contributed by atoms with Crippen LogP contribution in [0.1, 0.15) is 40.8 Å². The molecule has 2 aromatic carbocycles. The first-order valence-corrected chi connectivity index (χ1v) is 7.57. The first kappa shape index (κ1) is 15.7. The van der Waals surface area contributed by atoms with Crippen LogP contribution in [0.5, 0.6) is 0 Å². The zero-order valence-corrected chi connectivity index (χ0v) is 13.3. The predicted octanol–water partition coefficient (Wildman–Crippen LogP) is 4.64. The summed E-state index contributed by atoms with van der Waals surface area (Å²) in [4.78, 5) is 0. The molecule has 0 aliphatic heterocycles. The molecule has 0 aromatic heterocycles. The van der Waals surface area contributed by atoms with Crippen molar-refractivity contribution in [2.75, 3.05) is 6.54 Å². The maximum atomic E-state index is 13.9. The summed E-state index contributed by atoms with van der Waals surface area (Å²) in [5, 5.41) is 3.51. The van der Waals surface area contributed by atoms with Crippen LogP contribution in [-0.2, 0) is 6.42 Å². The standard InChI is InChI=1S/C19H24FN/c1-5-21-18(12-16-8-6-7-9-17(16)20)19-14(3)10-13(2)11-15(19)4/h6-11,18,21H,5,12H2,1-4H3. The van der Waals surface area contributed by atoms with Crippen LogP contribution in [0.4, 0.5) is 4.39 Å². The fraction of sp³-hybridized carbons (Fsp3) is 0.368. The number of halogens is 1. The summed E-state index contributed by atoms with van der Waals surface area (Å²) in [5.41, 5.74) is 5.88. The molecule has 0 saturated heterocycles. The van der Waals surface area contributed by atoms with E-state index in [-0.39, 0.29) is 11.9 Å². The Kier molecular flexibility index (Phi) is 5.13. The molecule has 0 heterocycles. The monoisotopic (exact) mass is 285 g/mol. The molecule has 1 nitrogen and oxygen atoms in total. The van der Waals surface area contributed by atoms with E-state index in [9.17, 15) is 4.39 Å². The predicted molar refractivity (Wildman–Crippen MR) is 87.2 cm³/mol. The Balaban J connectivity index is 2.38. The molecule has 2 heteroatoms. The van der Waals surface area contributed by atoms with Gasteiger partial charge in [-0.2, -0.15) is 0 Å². The Morgan fingerprint density at radius 3 is 2.24 bits per heavy atom. The molecule has 2 aromatic rings. The highest BCUT2D eigenvalue weighted by atomic mass is 19.1. The highest BCUT2D eigenvalue weighted by Gasteiger charge is 2.17. The number of likely N-dealkylation sites (N-methyl/N-ethyl adjacent to an activating group) is 1. The summed E-state index contributed by atoms with van der Waals surface area (Å²) in [6.07, 6.45) is 0.672. The summed E-state index contributed by atoms with van der Waals surface area (Å²) < 4.78 is 13.9. The fourth-order valence-electron chi connectivity index (χ4n) is 3.15. The van der Waals surface area contributed by atoms with Gasteiger partial charge < -0.3 is 5.32 Å². The molecule has 1 N–H and O–H groups in total. The molecule has 1 atom stereocenters. The van der Waals surface area contributed by atoms with E-state index in [0.717, 1.165) is 12.1 Å². The normalized spacial score (nSPS) is 12.4. The van der Waals surface area contributed by atoms with E-state index in [1.54, 1.807) is 6.07 Å². The second kappa shape index (κ2) is 6.86. The van der Waals surface area contributed by atoms with Crippen LogP contribution < -0.4 is 5.32 Å². The summed E-state index contributed by atoms with van der Waals surface area (Å²) in [7, 11) is 0. The van der Waals surface area contributed by atoms with Crippen molar-refractivity contribution in [3.8, 4) is 0 Å². The number of hydrogen-bond donors (Lipinski definition) is 1. The Hall–Kier alpha value is -1.67. The van der Waals surface area contributed by atoms with Gasteiger partial charge in [-0.05, 0) is 62.1 Å². The van der Waals surface area contributed by atoms with Crippen molar-refractivity contribution in [3.63, 3.8) is 0 Å². The largest absolute Gasteiger partial charge is 0.310 e. The van der Waals surface area contributed by atoms with Crippen LogP contribution in [0.15, 0.2) is 36.4 Å². The zero-order chi connectivity index (χ0) is 15.4. The van der Waals surface area contributed by atoms with Gasteiger partial charge in [0.05, 0.1) is 0 Å². The van der Waals surface area contributed by atoms with Crippen LogP contribution in [0, 0.1) is 26.6 Å². The number of aryl methyl sites for hydroxylation is 3. The van der Waals surface area contributed by atoms with Gasteiger partial charge in [-0.1, -0.05) is 42.8 Å². The molecule has 21 heavy (non-hydrogen) atoms. The van der Waals surface area contributed by atoms with Gasteiger partial charge in [-0.25, -0.2) is 4.39 Å². The Morgan fingerprint density at radius 2 is 1.67 bits per heavy atom. The average molecular weight is 285 g/mol. The third-order valence-corrected chi connectivity index (χ3v) is 3.92. The Labute approximate surface area is 127 Å². The van der Waals surface area contributed by atoms with Gasteiger partial charge in [-0.15, -0.1) is 0 Å². The lowest BCUT2D eigenvalue weighted by molar-refractivity contribution is 0.524. The average Bonchev–Trinajstić information content (AvgIpc) is 2.40. The van der Waals surface area contributed by atoms with Gasteiger partial charge in [0.1, 0.15) is 5.82 Å². The van der Waals surface area contributed by atoms with Crippen LogP contribution in [0.25, 0.3) is 0 Å². The van der Waals surface area contributed by atoms with Gasteiger partial charge in [0.15, 0.2) is 0 Å².